The van der Waals surface area contributed by atoms with E-state index in [0.717, 1.165) is 28.8 Å². The number of hydrogen-bond acceptors (Lipinski definition) is 4. The van der Waals surface area contributed by atoms with Crippen molar-refractivity contribution < 1.29 is 17.9 Å². The van der Waals surface area contributed by atoms with Crippen LogP contribution < -0.4 is 10.1 Å². The number of fused-ring (bicyclic) bond motifs is 1. The molecule has 1 fully saturated rings. The molecule has 0 radical (unpaired) electrons. The van der Waals surface area contributed by atoms with Gasteiger partial charge >= 0.3 is 0 Å². The zero-order chi connectivity index (χ0) is 22.7. The number of carbonyl (C=O) groups excluding carboxylic acids is 1. The van der Waals surface area contributed by atoms with Crippen molar-refractivity contribution in [2.45, 2.75) is 37.8 Å². The zero-order valence-electron chi connectivity index (χ0n) is 18.5. The molecule has 1 saturated heterocycles. The lowest BCUT2D eigenvalue weighted by molar-refractivity contribution is -0.126. The fourth-order valence-corrected chi connectivity index (χ4v) is 5.81. The SMILES string of the molecule is CCn1ccc2cc(S(=O)(=O)N3CCCC(C(=O)NCc4cccc(OC)c4)C3)ccc21. The van der Waals surface area contributed by atoms with Gasteiger partial charge in [-0.25, -0.2) is 8.42 Å². The minimum Gasteiger partial charge on any atom is -0.497 e. The van der Waals surface area contributed by atoms with Gasteiger partial charge in [-0.1, -0.05) is 12.1 Å². The van der Waals surface area contributed by atoms with E-state index >= 15 is 0 Å². The smallest absolute Gasteiger partial charge is 0.243 e. The highest BCUT2D eigenvalue weighted by molar-refractivity contribution is 7.89. The van der Waals surface area contributed by atoms with Gasteiger partial charge in [0.25, 0.3) is 0 Å². The molecular formula is C24H29N3O4S. The zero-order valence-corrected chi connectivity index (χ0v) is 19.3. The average molecular weight is 456 g/mol. The summed E-state index contributed by atoms with van der Waals surface area (Å²) < 4.78 is 35.3. The van der Waals surface area contributed by atoms with Crippen molar-refractivity contribution in [1.82, 2.24) is 14.2 Å². The molecule has 7 nitrogen and oxygen atoms in total. The van der Waals surface area contributed by atoms with Crippen LogP contribution in [0.1, 0.15) is 25.3 Å². The van der Waals surface area contributed by atoms with E-state index in [1.54, 1.807) is 19.2 Å². The van der Waals surface area contributed by atoms with Crippen LogP contribution in [0.15, 0.2) is 59.6 Å². The van der Waals surface area contributed by atoms with Crippen LogP contribution >= 0.6 is 0 Å². The van der Waals surface area contributed by atoms with Crippen LogP contribution in [0.25, 0.3) is 10.9 Å². The standard InChI is InChI=1S/C24H29N3O4S/c1-3-26-13-11-19-15-22(9-10-23(19)26)32(29,30)27-12-5-7-20(17-27)24(28)25-16-18-6-4-8-21(14-18)31-2/h4,6,8-11,13-15,20H,3,5,7,12,16-17H2,1-2H3,(H,25,28). The Bertz CT molecular complexity index is 1220. The lowest BCUT2D eigenvalue weighted by atomic mass is 9.99. The quantitative estimate of drug-likeness (QED) is 0.592. The van der Waals surface area contributed by atoms with E-state index in [1.807, 2.05) is 42.6 Å². The molecule has 1 N–H and O–H groups in total. The molecule has 0 saturated carbocycles. The number of hydrogen-bond donors (Lipinski definition) is 1. The van der Waals surface area contributed by atoms with Crippen LogP contribution in [0, 0.1) is 5.92 Å². The van der Waals surface area contributed by atoms with Gasteiger partial charge < -0.3 is 14.6 Å². The molecule has 1 aliphatic heterocycles. The van der Waals surface area contributed by atoms with E-state index < -0.39 is 10.0 Å². The lowest BCUT2D eigenvalue weighted by Crippen LogP contribution is -2.45. The Hall–Kier alpha value is -2.84. The van der Waals surface area contributed by atoms with Crippen LogP contribution in [-0.4, -0.2) is 43.4 Å². The summed E-state index contributed by atoms with van der Waals surface area (Å²) in [4.78, 5) is 13.1. The summed E-state index contributed by atoms with van der Waals surface area (Å²) in [7, 11) is -2.06. The van der Waals surface area contributed by atoms with Crippen molar-refractivity contribution in [1.29, 1.82) is 0 Å². The van der Waals surface area contributed by atoms with Gasteiger partial charge in [0.2, 0.25) is 15.9 Å². The Kier molecular flexibility index (Phi) is 6.53. The molecule has 0 bridgehead atoms. The van der Waals surface area contributed by atoms with Gasteiger partial charge in [-0.15, -0.1) is 0 Å². The number of carbonyl (C=O) groups is 1. The van der Waals surface area contributed by atoms with Gasteiger partial charge in [-0.05, 0) is 61.7 Å². The minimum atomic E-state index is -3.67. The molecule has 8 heteroatoms. The van der Waals surface area contributed by atoms with Gasteiger partial charge in [0, 0.05) is 43.3 Å². The molecule has 1 aliphatic rings. The van der Waals surface area contributed by atoms with Crippen LogP contribution in [0.3, 0.4) is 0 Å². The molecule has 1 amide bonds. The minimum absolute atomic E-state index is 0.122. The molecule has 0 aliphatic carbocycles. The fraction of sp³-hybridized carbons (Fsp3) is 0.375. The van der Waals surface area contributed by atoms with Crippen molar-refractivity contribution in [2.24, 2.45) is 5.92 Å². The first-order valence-corrected chi connectivity index (χ1v) is 12.4. The number of piperidine rings is 1. The van der Waals surface area contributed by atoms with E-state index in [9.17, 15) is 13.2 Å². The molecule has 2 heterocycles. The lowest BCUT2D eigenvalue weighted by Gasteiger charge is -2.31. The summed E-state index contributed by atoms with van der Waals surface area (Å²) in [6.45, 7) is 3.88. The van der Waals surface area contributed by atoms with E-state index in [-0.39, 0.29) is 23.3 Å². The summed E-state index contributed by atoms with van der Waals surface area (Å²) in [5, 5.41) is 3.85. The van der Waals surface area contributed by atoms with E-state index in [1.165, 1.54) is 4.31 Å². The average Bonchev–Trinajstić information content (AvgIpc) is 3.25. The van der Waals surface area contributed by atoms with Gasteiger partial charge in [-0.2, -0.15) is 4.31 Å². The molecule has 1 atom stereocenters. The van der Waals surface area contributed by atoms with Gasteiger partial charge in [0.1, 0.15) is 5.75 Å². The number of ether oxygens (including phenoxy) is 1. The number of rotatable bonds is 7. The van der Waals surface area contributed by atoms with Crippen molar-refractivity contribution in [2.75, 3.05) is 20.2 Å². The molecule has 32 heavy (non-hydrogen) atoms. The molecule has 4 rings (SSSR count). The Morgan fingerprint density at radius 3 is 2.81 bits per heavy atom. The largest absolute Gasteiger partial charge is 0.497 e. The Labute approximate surface area is 189 Å². The predicted molar refractivity (Wildman–Crippen MR) is 124 cm³/mol. The molecule has 1 unspecified atom stereocenters. The molecule has 0 spiro atoms. The molecule has 1 aromatic heterocycles. The summed E-state index contributed by atoms with van der Waals surface area (Å²) in [6.07, 6.45) is 3.30. The van der Waals surface area contributed by atoms with Gasteiger partial charge in [0.05, 0.1) is 17.9 Å². The summed E-state index contributed by atoms with van der Waals surface area (Å²) in [6, 6.07) is 14.7. The molecule has 170 valence electrons. The highest BCUT2D eigenvalue weighted by atomic mass is 32.2. The Morgan fingerprint density at radius 1 is 1.19 bits per heavy atom. The third-order valence-electron chi connectivity index (χ3n) is 6.08. The maximum Gasteiger partial charge on any atom is 0.243 e. The van der Waals surface area contributed by atoms with E-state index in [4.69, 9.17) is 4.74 Å². The maximum atomic E-state index is 13.3. The monoisotopic (exact) mass is 455 g/mol. The third kappa shape index (κ3) is 4.52. The van der Waals surface area contributed by atoms with Crippen LogP contribution in [0.2, 0.25) is 0 Å². The molecular weight excluding hydrogens is 426 g/mol. The second-order valence-corrected chi connectivity index (χ2v) is 10.0. The summed E-state index contributed by atoms with van der Waals surface area (Å²) >= 11 is 0. The number of nitrogens with one attached hydrogen (secondary N) is 1. The number of benzene rings is 2. The molecule has 3 aromatic rings. The second-order valence-electron chi connectivity index (χ2n) is 8.09. The first-order valence-electron chi connectivity index (χ1n) is 10.9. The second kappa shape index (κ2) is 9.34. The maximum absolute atomic E-state index is 13.3. The summed E-state index contributed by atoms with van der Waals surface area (Å²) in [5.74, 6) is 0.246. The number of nitrogens with zero attached hydrogens (tertiary/aromatic N) is 2. The van der Waals surface area contributed by atoms with Crippen LogP contribution in [0.4, 0.5) is 0 Å². The van der Waals surface area contributed by atoms with Gasteiger partial charge in [-0.3, -0.25) is 4.79 Å². The number of methoxy groups -OCH3 is 1. The Balaban J connectivity index is 1.44. The van der Waals surface area contributed by atoms with Crippen molar-refractivity contribution in [3.05, 3.63) is 60.3 Å². The third-order valence-corrected chi connectivity index (χ3v) is 7.94. The van der Waals surface area contributed by atoms with E-state index in [2.05, 4.69) is 16.8 Å². The normalized spacial score (nSPS) is 17.4. The van der Waals surface area contributed by atoms with E-state index in [0.29, 0.717) is 25.9 Å². The van der Waals surface area contributed by atoms with Crippen LogP contribution in [0.5, 0.6) is 5.75 Å². The summed E-state index contributed by atoms with van der Waals surface area (Å²) in [5.41, 5.74) is 1.95. The number of aromatic nitrogens is 1. The number of sulfonamides is 1. The molecule has 2 aromatic carbocycles. The number of aryl methyl sites for hydroxylation is 1. The Morgan fingerprint density at radius 2 is 2.03 bits per heavy atom. The first-order chi connectivity index (χ1) is 15.4. The van der Waals surface area contributed by atoms with Crippen molar-refractivity contribution in [3.8, 4) is 5.75 Å². The predicted octanol–water partition coefficient (Wildman–Crippen LogP) is 3.39. The van der Waals surface area contributed by atoms with Crippen molar-refractivity contribution in [3.63, 3.8) is 0 Å². The van der Waals surface area contributed by atoms with Crippen LogP contribution in [-0.2, 0) is 27.9 Å². The van der Waals surface area contributed by atoms with Gasteiger partial charge in [0.15, 0.2) is 0 Å². The van der Waals surface area contributed by atoms with Crippen molar-refractivity contribution >= 4 is 26.8 Å². The number of amides is 1. The topological polar surface area (TPSA) is 80.6 Å². The first kappa shape index (κ1) is 22.4. The highest BCUT2D eigenvalue weighted by Gasteiger charge is 2.33. The highest BCUT2D eigenvalue weighted by Crippen LogP contribution is 2.27. The fourth-order valence-electron chi connectivity index (χ4n) is 4.25.